The van der Waals surface area contributed by atoms with Crippen LogP contribution in [0.1, 0.15) is 5.56 Å². The number of hydrogen-bond acceptors (Lipinski definition) is 6. The molecule has 1 aromatic heterocycles. The number of hydrogen-bond donors (Lipinski definition) is 1. The van der Waals surface area contributed by atoms with Gasteiger partial charge < -0.3 is 19.7 Å². The standard InChI is InChI=1S/C23H23F3N4O3S/c1-32-18-4-2-3-17(14-18)30-8-7-27-22(30)34-15-21(31)28-19-13-16(23(24,25)26)5-6-20(19)29-9-11-33-12-10-29/h2-8,13-14H,9-12,15H2,1H3,(H,28,31). The Labute approximate surface area is 198 Å². The molecule has 11 heteroatoms. The highest BCUT2D eigenvalue weighted by atomic mass is 32.2. The Hall–Kier alpha value is -3.18. The lowest BCUT2D eigenvalue weighted by Gasteiger charge is -2.31. The molecule has 0 aliphatic carbocycles. The summed E-state index contributed by atoms with van der Waals surface area (Å²) in [6.07, 6.45) is -1.14. The molecule has 1 amide bonds. The normalized spacial score (nSPS) is 14.2. The van der Waals surface area contributed by atoms with Crippen LogP contribution >= 0.6 is 11.8 Å². The van der Waals surface area contributed by atoms with E-state index in [1.165, 1.54) is 17.8 Å². The number of amides is 1. The third-order valence-electron chi connectivity index (χ3n) is 5.22. The largest absolute Gasteiger partial charge is 0.497 e. The number of nitrogens with one attached hydrogen (secondary N) is 1. The fraction of sp³-hybridized carbons (Fsp3) is 0.304. The van der Waals surface area contributed by atoms with Crippen LogP contribution in [0.3, 0.4) is 0 Å². The van der Waals surface area contributed by atoms with Crippen molar-refractivity contribution in [3.63, 3.8) is 0 Å². The molecule has 0 saturated carbocycles. The number of imidazole rings is 1. The van der Waals surface area contributed by atoms with Crippen molar-refractivity contribution in [3.05, 3.63) is 60.4 Å². The number of anilines is 2. The lowest BCUT2D eigenvalue weighted by Crippen LogP contribution is -2.37. The van der Waals surface area contributed by atoms with Gasteiger partial charge in [-0.3, -0.25) is 9.36 Å². The Bertz CT molecular complexity index is 1150. The number of thioether (sulfide) groups is 1. The summed E-state index contributed by atoms with van der Waals surface area (Å²) < 4.78 is 52.3. The number of nitrogens with zero attached hydrogens (tertiary/aromatic N) is 3. The second-order valence-corrected chi connectivity index (χ2v) is 8.39. The highest BCUT2D eigenvalue weighted by molar-refractivity contribution is 7.99. The molecular weight excluding hydrogens is 469 g/mol. The summed E-state index contributed by atoms with van der Waals surface area (Å²) in [5, 5.41) is 3.23. The predicted molar refractivity (Wildman–Crippen MR) is 124 cm³/mol. The van der Waals surface area contributed by atoms with Crippen molar-refractivity contribution in [2.45, 2.75) is 11.3 Å². The summed E-state index contributed by atoms with van der Waals surface area (Å²) >= 11 is 1.18. The molecule has 1 aliphatic rings. The molecule has 2 heterocycles. The molecule has 0 unspecified atom stereocenters. The van der Waals surface area contributed by atoms with Crippen LogP contribution in [-0.2, 0) is 15.7 Å². The molecule has 180 valence electrons. The van der Waals surface area contributed by atoms with E-state index in [9.17, 15) is 18.0 Å². The Balaban J connectivity index is 1.49. The molecule has 0 radical (unpaired) electrons. The monoisotopic (exact) mass is 492 g/mol. The third kappa shape index (κ3) is 5.65. The molecule has 4 rings (SSSR count). The number of alkyl halides is 3. The average Bonchev–Trinajstić information content (AvgIpc) is 3.31. The van der Waals surface area contributed by atoms with Crippen LogP contribution in [0.25, 0.3) is 5.69 Å². The zero-order valence-corrected chi connectivity index (χ0v) is 19.2. The minimum absolute atomic E-state index is 0.0280. The fourth-order valence-corrected chi connectivity index (χ4v) is 4.34. The zero-order chi connectivity index (χ0) is 24.1. The molecule has 1 saturated heterocycles. The Morgan fingerprint density at radius 1 is 1.21 bits per heavy atom. The molecule has 2 aromatic carbocycles. The van der Waals surface area contributed by atoms with Gasteiger partial charge in [-0.05, 0) is 30.3 Å². The lowest BCUT2D eigenvalue weighted by molar-refractivity contribution is -0.137. The lowest BCUT2D eigenvalue weighted by atomic mass is 10.1. The van der Waals surface area contributed by atoms with E-state index >= 15 is 0 Å². The topological polar surface area (TPSA) is 68.6 Å². The van der Waals surface area contributed by atoms with Crippen LogP contribution in [0, 0.1) is 0 Å². The van der Waals surface area contributed by atoms with Gasteiger partial charge in [-0.15, -0.1) is 0 Å². The number of carbonyl (C=O) groups excluding carboxylic acids is 1. The van der Waals surface area contributed by atoms with Gasteiger partial charge in [0.05, 0.1) is 48.7 Å². The van der Waals surface area contributed by atoms with Crippen LogP contribution < -0.4 is 15.0 Å². The van der Waals surface area contributed by atoms with Crippen LogP contribution in [0.5, 0.6) is 5.75 Å². The van der Waals surface area contributed by atoms with E-state index in [2.05, 4.69) is 10.3 Å². The molecule has 0 spiro atoms. The first-order valence-electron chi connectivity index (χ1n) is 10.5. The van der Waals surface area contributed by atoms with Crippen LogP contribution in [-0.4, -0.2) is 54.6 Å². The van der Waals surface area contributed by atoms with Crippen molar-refractivity contribution in [1.82, 2.24) is 9.55 Å². The maximum atomic E-state index is 13.3. The van der Waals surface area contributed by atoms with E-state index in [-0.39, 0.29) is 11.4 Å². The Morgan fingerprint density at radius 3 is 2.74 bits per heavy atom. The summed E-state index contributed by atoms with van der Waals surface area (Å²) in [6, 6.07) is 10.8. The molecule has 3 aromatic rings. The van der Waals surface area contributed by atoms with Crippen molar-refractivity contribution in [2.75, 3.05) is 49.4 Å². The van der Waals surface area contributed by atoms with E-state index in [1.54, 1.807) is 19.5 Å². The van der Waals surface area contributed by atoms with Gasteiger partial charge in [0, 0.05) is 31.5 Å². The number of ether oxygens (including phenoxy) is 2. The number of rotatable bonds is 7. The first kappa shape index (κ1) is 24.0. The molecule has 0 atom stereocenters. The maximum absolute atomic E-state index is 13.3. The van der Waals surface area contributed by atoms with E-state index in [0.29, 0.717) is 42.9 Å². The van der Waals surface area contributed by atoms with Crippen molar-refractivity contribution in [3.8, 4) is 11.4 Å². The van der Waals surface area contributed by atoms with E-state index in [0.717, 1.165) is 17.8 Å². The van der Waals surface area contributed by atoms with Crippen molar-refractivity contribution >= 4 is 29.0 Å². The third-order valence-corrected chi connectivity index (χ3v) is 6.19. The summed E-state index contributed by atoms with van der Waals surface area (Å²) in [5.74, 6) is 0.221. The van der Waals surface area contributed by atoms with Gasteiger partial charge in [0.2, 0.25) is 5.91 Å². The van der Waals surface area contributed by atoms with Gasteiger partial charge in [-0.25, -0.2) is 4.98 Å². The maximum Gasteiger partial charge on any atom is 0.416 e. The van der Waals surface area contributed by atoms with Gasteiger partial charge in [0.25, 0.3) is 0 Å². The number of benzene rings is 2. The fourth-order valence-electron chi connectivity index (χ4n) is 3.56. The second kappa shape index (κ2) is 10.4. The second-order valence-electron chi connectivity index (χ2n) is 7.45. The molecule has 7 nitrogen and oxygen atoms in total. The van der Waals surface area contributed by atoms with Crippen molar-refractivity contribution in [2.24, 2.45) is 0 Å². The van der Waals surface area contributed by atoms with Crippen LogP contribution in [0.4, 0.5) is 24.5 Å². The smallest absolute Gasteiger partial charge is 0.416 e. The first-order chi connectivity index (χ1) is 16.3. The zero-order valence-electron chi connectivity index (χ0n) is 18.3. The molecule has 1 aliphatic heterocycles. The SMILES string of the molecule is COc1cccc(-n2ccnc2SCC(=O)Nc2cc(C(F)(F)F)ccc2N2CCOCC2)c1. The minimum Gasteiger partial charge on any atom is -0.497 e. The molecule has 1 N–H and O–H groups in total. The van der Waals surface area contributed by atoms with Gasteiger partial charge in [0.15, 0.2) is 5.16 Å². The van der Waals surface area contributed by atoms with Gasteiger partial charge >= 0.3 is 6.18 Å². The number of aromatic nitrogens is 2. The number of morpholine rings is 1. The minimum atomic E-state index is -4.51. The predicted octanol–water partition coefficient (Wildman–Crippen LogP) is 4.47. The highest BCUT2D eigenvalue weighted by Gasteiger charge is 2.32. The average molecular weight is 493 g/mol. The van der Waals surface area contributed by atoms with Crippen molar-refractivity contribution in [1.29, 1.82) is 0 Å². The van der Waals surface area contributed by atoms with Gasteiger partial charge in [-0.2, -0.15) is 13.2 Å². The van der Waals surface area contributed by atoms with E-state index in [1.807, 2.05) is 33.7 Å². The molecule has 0 bridgehead atoms. The molecule has 34 heavy (non-hydrogen) atoms. The summed E-state index contributed by atoms with van der Waals surface area (Å²) in [7, 11) is 1.58. The summed E-state index contributed by atoms with van der Waals surface area (Å²) in [4.78, 5) is 18.9. The summed E-state index contributed by atoms with van der Waals surface area (Å²) in [5.41, 5.74) is 0.652. The number of methoxy groups -OCH3 is 1. The molecular formula is C23H23F3N4O3S. The van der Waals surface area contributed by atoms with Gasteiger partial charge in [-0.1, -0.05) is 17.8 Å². The molecule has 1 fully saturated rings. The van der Waals surface area contributed by atoms with Crippen LogP contribution in [0.15, 0.2) is 60.0 Å². The van der Waals surface area contributed by atoms with Crippen molar-refractivity contribution < 1.29 is 27.4 Å². The Morgan fingerprint density at radius 2 is 2.00 bits per heavy atom. The van der Waals surface area contributed by atoms with Crippen LogP contribution in [0.2, 0.25) is 0 Å². The van der Waals surface area contributed by atoms with E-state index < -0.39 is 17.6 Å². The first-order valence-corrected chi connectivity index (χ1v) is 11.5. The van der Waals surface area contributed by atoms with E-state index in [4.69, 9.17) is 9.47 Å². The van der Waals surface area contributed by atoms with Gasteiger partial charge in [0.1, 0.15) is 5.75 Å². The summed E-state index contributed by atoms with van der Waals surface area (Å²) in [6.45, 7) is 2.00. The Kier molecular flexibility index (Phi) is 7.32. The number of halogens is 3. The number of carbonyl (C=O) groups is 1. The highest BCUT2D eigenvalue weighted by Crippen LogP contribution is 2.36. The quantitative estimate of drug-likeness (QED) is 0.491.